The summed E-state index contributed by atoms with van der Waals surface area (Å²) in [5.41, 5.74) is 1.91. The van der Waals surface area contributed by atoms with Gasteiger partial charge in [0.15, 0.2) is 23.1 Å². The van der Waals surface area contributed by atoms with Gasteiger partial charge in [0.25, 0.3) is 0 Å². The number of phenolic OH excluding ortho intramolecular Hbond substituents is 1. The molecule has 0 aromatic heterocycles. The molecule has 0 bridgehead atoms. The van der Waals surface area contributed by atoms with E-state index in [2.05, 4.69) is 0 Å². The predicted molar refractivity (Wildman–Crippen MR) is 96.2 cm³/mol. The first kappa shape index (κ1) is 18.8. The van der Waals surface area contributed by atoms with Crippen molar-refractivity contribution in [1.29, 1.82) is 0 Å². The summed E-state index contributed by atoms with van der Waals surface area (Å²) in [7, 11) is 5.72. The summed E-state index contributed by atoms with van der Waals surface area (Å²) in [6.45, 7) is 0. The van der Waals surface area contributed by atoms with Crippen LogP contribution in [-0.4, -0.2) is 39.5 Å². The Balaban J connectivity index is 2.42. The van der Waals surface area contributed by atoms with E-state index >= 15 is 0 Å². The van der Waals surface area contributed by atoms with Crippen molar-refractivity contribution in [2.24, 2.45) is 0 Å². The minimum absolute atomic E-state index is 0.204. The number of methoxy groups -OCH3 is 4. The fourth-order valence-electron chi connectivity index (χ4n) is 3.66. The van der Waals surface area contributed by atoms with Gasteiger partial charge in [-0.25, -0.2) is 4.39 Å². The van der Waals surface area contributed by atoms with Crippen molar-refractivity contribution in [3.05, 3.63) is 35.1 Å². The lowest BCUT2D eigenvalue weighted by Crippen LogP contribution is -2.15. The number of carbonyl (C=O) groups excluding carboxylic acids is 1. The third-order valence-electron chi connectivity index (χ3n) is 4.89. The van der Waals surface area contributed by atoms with Crippen molar-refractivity contribution in [2.45, 2.75) is 18.8 Å². The summed E-state index contributed by atoms with van der Waals surface area (Å²) in [6.07, 6.45) is 0.901. The average molecular weight is 376 g/mol. The van der Waals surface area contributed by atoms with E-state index < -0.39 is 23.5 Å². The van der Waals surface area contributed by atoms with Crippen LogP contribution >= 0.6 is 0 Å². The summed E-state index contributed by atoms with van der Waals surface area (Å²) >= 11 is 0. The van der Waals surface area contributed by atoms with Gasteiger partial charge in [-0.3, -0.25) is 4.79 Å². The van der Waals surface area contributed by atoms with Crippen LogP contribution in [0.25, 0.3) is 11.1 Å². The lowest BCUT2D eigenvalue weighted by molar-refractivity contribution is -0.142. The van der Waals surface area contributed by atoms with Gasteiger partial charge in [0, 0.05) is 11.1 Å². The molecule has 0 amide bonds. The highest BCUT2D eigenvalue weighted by Crippen LogP contribution is 2.53. The number of ether oxygens (including phenoxy) is 4. The van der Waals surface area contributed by atoms with E-state index in [1.807, 2.05) is 0 Å². The largest absolute Gasteiger partial charge is 0.504 e. The van der Waals surface area contributed by atoms with Gasteiger partial charge < -0.3 is 24.1 Å². The summed E-state index contributed by atoms with van der Waals surface area (Å²) in [5.74, 6) is -1.36. The van der Waals surface area contributed by atoms with Crippen LogP contribution in [0.5, 0.6) is 23.0 Å². The number of fused-ring (bicyclic) bond motifs is 3. The number of aromatic hydroxyl groups is 1. The van der Waals surface area contributed by atoms with Crippen LogP contribution in [0.3, 0.4) is 0 Å². The minimum Gasteiger partial charge on any atom is -0.504 e. The maximum atomic E-state index is 14.2. The number of rotatable bonds is 4. The second-order valence-electron chi connectivity index (χ2n) is 6.15. The zero-order valence-electron chi connectivity index (χ0n) is 15.6. The van der Waals surface area contributed by atoms with Gasteiger partial charge in [-0.05, 0) is 36.1 Å². The second kappa shape index (κ2) is 7.34. The number of hydrogen-bond acceptors (Lipinski definition) is 6. The summed E-state index contributed by atoms with van der Waals surface area (Å²) in [6, 6.07) is 4.39. The average Bonchev–Trinajstić information content (AvgIpc) is 2.85. The number of hydrogen-bond donors (Lipinski definition) is 1. The standard InChI is InChI=1S/C20H21FO6/c1-24-14-9-10-5-6-12(20(23)27-4)11-7-8-13(21)17(22)16(11)15(10)19(26-3)18(14)25-2/h7-9,12,22H,5-6H2,1-4H3. The molecular weight excluding hydrogens is 355 g/mol. The van der Waals surface area contributed by atoms with Crippen LogP contribution in [-0.2, 0) is 16.0 Å². The Hall–Kier alpha value is -2.96. The number of esters is 1. The highest BCUT2D eigenvalue weighted by molar-refractivity contribution is 5.90. The minimum atomic E-state index is -0.790. The van der Waals surface area contributed by atoms with Crippen molar-refractivity contribution < 1.29 is 33.2 Å². The molecule has 0 saturated carbocycles. The Kier molecular flexibility index (Phi) is 5.12. The third-order valence-corrected chi connectivity index (χ3v) is 4.89. The Morgan fingerprint density at radius 2 is 1.78 bits per heavy atom. The van der Waals surface area contributed by atoms with Gasteiger partial charge in [0.05, 0.1) is 34.4 Å². The molecule has 3 rings (SSSR count). The van der Waals surface area contributed by atoms with Crippen LogP contribution < -0.4 is 14.2 Å². The van der Waals surface area contributed by atoms with Crippen LogP contribution in [0.15, 0.2) is 18.2 Å². The Labute approximate surface area is 156 Å². The lowest BCUT2D eigenvalue weighted by atomic mass is 9.89. The number of carbonyl (C=O) groups is 1. The highest BCUT2D eigenvalue weighted by atomic mass is 19.1. The summed E-state index contributed by atoms with van der Waals surface area (Å²) in [5, 5.41) is 10.5. The molecule has 1 aliphatic carbocycles. The molecule has 0 spiro atoms. The monoisotopic (exact) mass is 376 g/mol. The molecule has 0 heterocycles. The van der Waals surface area contributed by atoms with E-state index in [0.717, 1.165) is 11.6 Å². The Morgan fingerprint density at radius 1 is 1.07 bits per heavy atom. The molecule has 0 saturated heterocycles. The maximum absolute atomic E-state index is 14.2. The molecule has 7 heteroatoms. The highest BCUT2D eigenvalue weighted by Gasteiger charge is 2.34. The van der Waals surface area contributed by atoms with Crippen LogP contribution in [0.2, 0.25) is 0 Å². The van der Waals surface area contributed by atoms with Crippen molar-refractivity contribution in [3.63, 3.8) is 0 Å². The molecule has 1 atom stereocenters. The molecule has 6 nitrogen and oxygen atoms in total. The smallest absolute Gasteiger partial charge is 0.313 e. The van der Waals surface area contributed by atoms with Crippen molar-refractivity contribution >= 4 is 5.97 Å². The molecule has 1 aliphatic rings. The topological polar surface area (TPSA) is 74.2 Å². The SMILES string of the molecule is COC(=O)C1CCc2cc(OC)c(OC)c(OC)c2-c2c1ccc(F)c2O. The van der Waals surface area contributed by atoms with Crippen molar-refractivity contribution in [2.75, 3.05) is 28.4 Å². The van der Waals surface area contributed by atoms with Crippen molar-refractivity contribution in [1.82, 2.24) is 0 Å². The number of benzene rings is 2. The normalized spacial score (nSPS) is 15.2. The maximum Gasteiger partial charge on any atom is 0.313 e. The van der Waals surface area contributed by atoms with E-state index in [-0.39, 0.29) is 5.56 Å². The molecule has 0 aliphatic heterocycles. The van der Waals surface area contributed by atoms with E-state index in [4.69, 9.17) is 18.9 Å². The molecule has 1 unspecified atom stereocenters. The molecule has 2 aromatic rings. The third kappa shape index (κ3) is 2.93. The Morgan fingerprint density at radius 3 is 2.37 bits per heavy atom. The van der Waals surface area contributed by atoms with Crippen LogP contribution in [0, 0.1) is 5.82 Å². The molecule has 1 N–H and O–H groups in total. The van der Waals surface area contributed by atoms with Gasteiger partial charge in [-0.2, -0.15) is 0 Å². The molecular formula is C20H21FO6. The molecule has 0 radical (unpaired) electrons. The van der Waals surface area contributed by atoms with Crippen molar-refractivity contribution in [3.8, 4) is 34.1 Å². The zero-order valence-corrected chi connectivity index (χ0v) is 15.6. The van der Waals surface area contributed by atoms with Crippen LogP contribution in [0.1, 0.15) is 23.5 Å². The molecule has 27 heavy (non-hydrogen) atoms. The Bertz CT molecular complexity index is 893. The predicted octanol–water partition coefficient (Wildman–Crippen LogP) is 3.43. The van der Waals surface area contributed by atoms with E-state index in [9.17, 15) is 14.3 Å². The van der Waals surface area contributed by atoms with Gasteiger partial charge in [0.1, 0.15) is 0 Å². The summed E-state index contributed by atoms with van der Waals surface area (Å²) in [4.78, 5) is 12.4. The first-order chi connectivity index (χ1) is 13.0. The van der Waals surface area contributed by atoms with E-state index in [1.165, 1.54) is 34.5 Å². The number of halogens is 1. The van der Waals surface area contributed by atoms with Gasteiger partial charge in [0.2, 0.25) is 5.75 Å². The van der Waals surface area contributed by atoms with Gasteiger partial charge in [-0.15, -0.1) is 0 Å². The molecule has 0 fully saturated rings. The van der Waals surface area contributed by atoms with Crippen LogP contribution in [0.4, 0.5) is 4.39 Å². The second-order valence-corrected chi connectivity index (χ2v) is 6.15. The fourth-order valence-corrected chi connectivity index (χ4v) is 3.66. The molecule has 2 aromatic carbocycles. The van der Waals surface area contributed by atoms with Gasteiger partial charge >= 0.3 is 5.97 Å². The first-order valence-corrected chi connectivity index (χ1v) is 8.39. The quantitative estimate of drug-likeness (QED) is 0.824. The van der Waals surface area contributed by atoms with E-state index in [1.54, 1.807) is 6.07 Å². The number of aryl methyl sites for hydroxylation is 1. The lowest BCUT2D eigenvalue weighted by Gasteiger charge is -2.21. The molecule has 144 valence electrons. The zero-order chi connectivity index (χ0) is 19.7. The summed E-state index contributed by atoms with van der Waals surface area (Å²) < 4.78 is 35.5. The van der Waals surface area contributed by atoms with E-state index in [0.29, 0.717) is 41.2 Å². The number of phenols is 1. The first-order valence-electron chi connectivity index (χ1n) is 8.39. The fraction of sp³-hybridized carbons (Fsp3) is 0.350. The van der Waals surface area contributed by atoms with Gasteiger partial charge in [-0.1, -0.05) is 6.07 Å².